The van der Waals surface area contributed by atoms with Crippen molar-refractivity contribution in [2.75, 3.05) is 36.6 Å². The summed E-state index contributed by atoms with van der Waals surface area (Å²) in [7, 11) is 0. The number of benzene rings is 1. The van der Waals surface area contributed by atoms with Gasteiger partial charge in [0.25, 0.3) is 0 Å². The van der Waals surface area contributed by atoms with Gasteiger partial charge in [-0.2, -0.15) is 10.1 Å². The van der Waals surface area contributed by atoms with Crippen molar-refractivity contribution in [3.05, 3.63) is 46.6 Å². The number of fused-ring (bicyclic) bond motifs is 1. The number of alkyl carbamates (subject to hydrolysis) is 1. The smallest absolute Gasteiger partial charge is 0.408 e. The number of carbonyl (C=O) groups excluding carboxylic acids is 2. The van der Waals surface area contributed by atoms with Crippen LogP contribution in [0.4, 0.5) is 16.6 Å². The van der Waals surface area contributed by atoms with Crippen molar-refractivity contribution in [2.24, 2.45) is 5.10 Å². The van der Waals surface area contributed by atoms with E-state index in [0.717, 1.165) is 34.6 Å². The van der Waals surface area contributed by atoms with Crippen molar-refractivity contribution >= 4 is 30.0 Å². The standard InChI is InChI=1S/C28H37N7O4/c1-19-7-5-8-20(15-19)16-29-33-25-30-22-18-35(17-21(22)23(31-25)34-11-13-38-14-12-34)24(36)28(9-6-10-28)32-26(37)39-27(2,3)4/h5,7-8,15-16H,6,9-14,17-18H2,1-4H3,(H,32,37)(H,30,31,33)/b29-16+. The fraction of sp³-hybridized carbons (Fsp3) is 0.536. The summed E-state index contributed by atoms with van der Waals surface area (Å²) in [6, 6.07) is 8.04. The molecule has 11 nitrogen and oxygen atoms in total. The third-order valence-corrected chi connectivity index (χ3v) is 7.14. The molecule has 5 rings (SSSR count). The van der Waals surface area contributed by atoms with Crippen LogP contribution >= 0.6 is 0 Å². The molecule has 2 aromatic rings. The zero-order valence-corrected chi connectivity index (χ0v) is 23.1. The highest BCUT2D eigenvalue weighted by atomic mass is 16.6. The summed E-state index contributed by atoms with van der Waals surface area (Å²) in [6.45, 7) is 10.8. The van der Waals surface area contributed by atoms with E-state index in [-0.39, 0.29) is 5.91 Å². The first-order valence-electron chi connectivity index (χ1n) is 13.5. The number of amides is 2. The van der Waals surface area contributed by atoms with Crippen molar-refractivity contribution in [3.63, 3.8) is 0 Å². The first-order chi connectivity index (χ1) is 18.6. The maximum atomic E-state index is 13.8. The summed E-state index contributed by atoms with van der Waals surface area (Å²) in [5.74, 6) is 1.05. The lowest BCUT2D eigenvalue weighted by Crippen LogP contribution is -2.63. The van der Waals surface area contributed by atoms with Gasteiger partial charge in [0.2, 0.25) is 11.9 Å². The summed E-state index contributed by atoms with van der Waals surface area (Å²) in [4.78, 5) is 39.8. The normalized spacial score (nSPS) is 18.5. The summed E-state index contributed by atoms with van der Waals surface area (Å²) in [6.07, 6.45) is 3.20. The zero-order valence-electron chi connectivity index (χ0n) is 23.1. The van der Waals surface area contributed by atoms with Crippen molar-refractivity contribution in [1.82, 2.24) is 20.2 Å². The number of carbonyl (C=O) groups is 2. The number of ether oxygens (including phenoxy) is 2. The number of anilines is 2. The highest BCUT2D eigenvalue weighted by Gasteiger charge is 2.49. The molecule has 0 spiro atoms. The minimum atomic E-state index is -0.948. The van der Waals surface area contributed by atoms with Crippen molar-refractivity contribution in [1.29, 1.82) is 0 Å². The Morgan fingerprint density at radius 2 is 1.92 bits per heavy atom. The van der Waals surface area contributed by atoms with Gasteiger partial charge >= 0.3 is 6.09 Å². The lowest BCUT2D eigenvalue weighted by Gasteiger charge is -2.43. The molecule has 11 heteroatoms. The second kappa shape index (κ2) is 10.8. The van der Waals surface area contributed by atoms with Gasteiger partial charge in [0, 0.05) is 18.7 Å². The highest BCUT2D eigenvalue weighted by molar-refractivity contribution is 5.91. The van der Waals surface area contributed by atoms with E-state index in [1.807, 2.05) is 31.2 Å². The van der Waals surface area contributed by atoms with E-state index in [0.29, 0.717) is 58.2 Å². The van der Waals surface area contributed by atoms with Gasteiger partial charge in [0.05, 0.1) is 38.2 Å². The van der Waals surface area contributed by atoms with Crippen LogP contribution in [0.15, 0.2) is 29.4 Å². The van der Waals surface area contributed by atoms with Gasteiger partial charge in [-0.05, 0) is 52.5 Å². The van der Waals surface area contributed by atoms with Crippen LogP contribution in [0.5, 0.6) is 0 Å². The third kappa shape index (κ3) is 6.13. The van der Waals surface area contributed by atoms with Crippen molar-refractivity contribution in [3.8, 4) is 0 Å². The van der Waals surface area contributed by atoms with E-state index in [2.05, 4.69) is 20.7 Å². The van der Waals surface area contributed by atoms with Crippen LogP contribution in [0.25, 0.3) is 0 Å². The molecule has 2 amide bonds. The second-order valence-electron chi connectivity index (χ2n) is 11.4. The number of morpholine rings is 1. The number of nitrogens with one attached hydrogen (secondary N) is 2. The molecular weight excluding hydrogens is 498 g/mol. The number of nitrogens with zero attached hydrogens (tertiary/aromatic N) is 5. The van der Waals surface area contributed by atoms with Gasteiger partial charge < -0.3 is 24.6 Å². The topological polar surface area (TPSA) is 121 Å². The van der Waals surface area contributed by atoms with Gasteiger partial charge in [-0.1, -0.05) is 29.8 Å². The van der Waals surface area contributed by atoms with Crippen LogP contribution in [-0.4, -0.2) is 70.5 Å². The molecule has 1 aliphatic carbocycles. The maximum Gasteiger partial charge on any atom is 0.408 e. The van der Waals surface area contributed by atoms with Crippen LogP contribution in [-0.2, 0) is 27.4 Å². The number of hydrogen-bond acceptors (Lipinski definition) is 9. The lowest BCUT2D eigenvalue weighted by molar-refractivity contribution is -0.142. The molecule has 0 radical (unpaired) electrons. The van der Waals surface area contributed by atoms with E-state index in [9.17, 15) is 9.59 Å². The van der Waals surface area contributed by atoms with Crippen LogP contribution in [0.1, 0.15) is 62.4 Å². The molecule has 0 unspecified atom stereocenters. The van der Waals surface area contributed by atoms with E-state index < -0.39 is 17.2 Å². The van der Waals surface area contributed by atoms with Gasteiger partial charge in [-0.25, -0.2) is 15.2 Å². The fourth-order valence-electron chi connectivity index (χ4n) is 5.11. The number of hydrogen-bond donors (Lipinski definition) is 2. The Kier molecular flexibility index (Phi) is 7.44. The Morgan fingerprint density at radius 1 is 1.15 bits per heavy atom. The Morgan fingerprint density at radius 3 is 2.59 bits per heavy atom. The minimum absolute atomic E-state index is 0.113. The predicted octanol–water partition coefficient (Wildman–Crippen LogP) is 3.36. The molecule has 39 heavy (non-hydrogen) atoms. The molecule has 2 N–H and O–H groups in total. The summed E-state index contributed by atoms with van der Waals surface area (Å²) in [5.41, 5.74) is 5.21. The third-order valence-electron chi connectivity index (χ3n) is 7.14. The SMILES string of the molecule is Cc1cccc(/C=N/Nc2nc3c(c(N4CCOCC4)n2)CN(C(=O)C2(NC(=O)OC(C)(C)C)CCC2)C3)c1. The van der Waals surface area contributed by atoms with Gasteiger partial charge in [-0.15, -0.1) is 0 Å². The monoisotopic (exact) mass is 535 g/mol. The van der Waals surface area contributed by atoms with E-state index in [1.165, 1.54) is 0 Å². The molecule has 2 aliphatic heterocycles. The average molecular weight is 536 g/mol. The second-order valence-corrected chi connectivity index (χ2v) is 11.4. The van der Waals surface area contributed by atoms with E-state index >= 15 is 0 Å². The van der Waals surface area contributed by atoms with Crippen LogP contribution < -0.4 is 15.6 Å². The van der Waals surface area contributed by atoms with Crippen LogP contribution in [0.2, 0.25) is 0 Å². The Balaban J connectivity index is 1.36. The van der Waals surface area contributed by atoms with Crippen LogP contribution in [0.3, 0.4) is 0 Å². The minimum Gasteiger partial charge on any atom is -0.444 e. The Bertz CT molecular complexity index is 1260. The van der Waals surface area contributed by atoms with E-state index in [1.54, 1.807) is 31.9 Å². The fourth-order valence-corrected chi connectivity index (χ4v) is 5.11. The van der Waals surface area contributed by atoms with E-state index in [4.69, 9.17) is 19.4 Å². The first kappa shape index (κ1) is 26.9. The van der Waals surface area contributed by atoms with Crippen molar-refractivity contribution in [2.45, 2.75) is 71.2 Å². The summed E-state index contributed by atoms with van der Waals surface area (Å²) >= 11 is 0. The molecule has 1 saturated heterocycles. The molecule has 3 heterocycles. The number of rotatable bonds is 6. The largest absolute Gasteiger partial charge is 0.444 e. The molecule has 2 fully saturated rings. The molecule has 3 aliphatic rings. The summed E-state index contributed by atoms with van der Waals surface area (Å²) in [5, 5.41) is 7.24. The number of hydrazone groups is 1. The van der Waals surface area contributed by atoms with Gasteiger partial charge in [0.1, 0.15) is 17.0 Å². The predicted molar refractivity (Wildman–Crippen MR) is 148 cm³/mol. The first-order valence-corrected chi connectivity index (χ1v) is 13.5. The van der Waals surface area contributed by atoms with Gasteiger partial charge in [-0.3, -0.25) is 4.79 Å². The lowest BCUT2D eigenvalue weighted by atomic mass is 9.75. The maximum absolute atomic E-state index is 13.8. The number of aromatic nitrogens is 2. The average Bonchev–Trinajstić information content (AvgIpc) is 3.29. The van der Waals surface area contributed by atoms with Crippen molar-refractivity contribution < 1.29 is 19.1 Å². The zero-order chi connectivity index (χ0) is 27.6. The Hall–Kier alpha value is -3.73. The number of aryl methyl sites for hydroxylation is 1. The van der Waals surface area contributed by atoms with Crippen LogP contribution in [0, 0.1) is 6.92 Å². The molecular formula is C28H37N7O4. The molecule has 1 saturated carbocycles. The molecule has 1 aromatic carbocycles. The van der Waals surface area contributed by atoms with Gasteiger partial charge in [0.15, 0.2) is 0 Å². The quantitative estimate of drug-likeness (QED) is 0.427. The highest BCUT2D eigenvalue weighted by Crippen LogP contribution is 2.38. The summed E-state index contributed by atoms with van der Waals surface area (Å²) < 4.78 is 11.0. The Labute approximate surface area is 229 Å². The molecule has 0 atom stereocenters. The molecule has 0 bridgehead atoms. The molecule has 208 valence electrons. The molecule has 1 aromatic heterocycles.